The molecule has 0 radical (unpaired) electrons. The molecule has 1 aromatic rings. The third-order valence-electron chi connectivity index (χ3n) is 2.25. The van der Waals surface area contributed by atoms with Crippen LogP contribution in [0.3, 0.4) is 0 Å². The van der Waals surface area contributed by atoms with Crippen molar-refractivity contribution >= 4 is 11.8 Å². The van der Waals surface area contributed by atoms with Gasteiger partial charge in [0.25, 0.3) is 0 Å². The van der Waals surface area contributed by atoms with Gasteiger partial charge in [0.05, 0.1) is 0 Å². The van der Waals surface area contributed by atoms with Crippen LogP contribution in [0.1, 0.15) is 13.3 Å². The summed E-state index contributed by atoms with van der Waals surface area (Å²) in [6.45, 7) is 3.03. The first-order valence-corrected chi connectivity index (χ1v) is 6.48. The molecule has 0 bridgehead atoms. The van der Waals surface area contributed by atoms with Crippen LogP contribution in [0.4, 0.5) is 0 Å². The molecular weight excluding hydrogens is 206 g/mol. The highest BCUT2D eigenvalue weighted by Crippen LogP contribution is 2.20. The zero-order chi connectivity index (χ0) is 11.1. The minimum atomic E-state index is 0.259. The predicted molar refractivity (Wildman–Crippen MR) is 66.9 cm³/mol. The lowest BCUT2D eigenvalue weighted by Crippen LogP contribution is -2.28. The second-order valence-electron chi connectivity index (χ2n) is 3.38. The van der Waals surface area contributed by atoms with Crippen LogP contribution in [-0.2, 0) is 0 Å². The smallest absolute Gasteiger partial charge is 0.119 e. The Morgan fingerprint density at radius 3 is 2.47 bits per heavy atom. The standard InChI is InChI=1S/C12H19NOS/c1-4-10(9-13-2)14-11-5-7-12(15-3)8-6-11/h5-8,10,13H,4,9H2,1-3H3. The minimum absolute atomic E-state index is 0.259. The molecule has 0 spiro atoms. The normalized spacial score (nSPS) is 12.5. The molecule has 1 rings (SSSR count). The number of nitrogens with one attached hydrogen (secondary N) is 1. The van der Waals surface area contributed by atoms with Gasteiger partial charge < -0.3 is 10.1 Å². The predicted octanol–water partition coefficient (Wildman–Crippen LogP) is 2.79. The zero-order valence-electron chi connectivity index (χ0n) is 9.62. The Kier molecular flexibility index (Phi) is 5.58. The molecule has 15 heavy (non-hydrogen) atoms. The monoisotopic (exact) mass is 225 g/mol. The van der Waals surface area contributed by atoms with E-state index >= 15 is 0 Å². The molecule has 0 saturated heterocycles. The summed E-state index contributed by atoms with van der Waals surface area (Å²) in [6.07, 6.45) is 3.35. The highest BCUT2D eigenvalue weighted by atomic mass is 32.2. The maximum Gasteiger partial charge on any atom is 0.119 e. The van der Waals surface area contributed by atoms with Crippen LogP contribution in [-0.4, -0.2) is 26.0 Å². The van der Waals surface area contributed by atoms with E-state index in [9.17, 15) is 0 Å². The second-order valence-corrected chi connectivity index (χ2v) is 4.26. The first kappa shape index (κ1) is 12.4. The van der Waals surface area contributed by atoms with E-state index in [1.165, 1.54) is 4.90 Å². The van der Waals surface area contributed by atoms with Crippen LogP contribution in [0.15, 0.2) is 29.2 Å². The Balaban J connectivity index is 2.55. The van der Waals surface area contributed by atoms with Crippen molar-refractivity contribution in [1.82, 2.24) is 5.32 Å². The van der Waals surface area contributed by atoms with Gasteiger partial charge in [-0.3, -0.25) is 0 Å². The lowest BCUT2D eigenvalue weighted by Gasteiger charge is -2.17. The summed E-state index contributed by atoms with van der Waals surface area (Å²) < 4.78 is 5.83. The highest BCUT2D eigenvalue weighted by Gasteiger charge is 2.06. The molecule has 84 valence electrons. The van der Waals surface area contributed by atoms with Gasteiger partial charge in [-0.1, -0.05) is 6.92 Å². The first-order chi connectivity index (χ1) is 7.30. The maximum absolute atomic E-state index is 5.83. The molecule has 0 aliphatic rings. The first-order valence-electron chi connectivity index (χ1n) is 5.25. The number of ether oxygens (including phenoxy) is 1. The summed E-state index contributed by atoms with van der Waals surface area (Å²) in [6, 6.07) is 8.24. The average molecular weight is 225 g/mol. The molecule has 1 aromatic carbocycles. The molecule has 1 N–H and O–H groups in total. The van der Waals surface area contributed by atoms with E-state index in [1.54, 1.807) is 11.8 Å². The van der Waals surface area contributed by atoms with Crippen molar-refractivity contribution in [2.75, 3.05) is 19.8 Å². The Morgan fingerprint density at radius 1 is 1.33 bits per heavy atom. The van der Waals surface area contributed by atoms with Gasteiger partial charge in [0.2, 0.25) is 0 Å². The third kappa shape index (κ3) is 4.14. The van der Waals surface area contributed by atoms with Crippen LogP contribution in [0, 0.1) is 0 Å². The van der Waals surface area contributed by atoms with Crippen molar-refractivity contribution in [3.63, 3.8) is 0 Å². The fourth-order valence-corrected chi connectivity index (χ4v) is 1.75. The SMILES string of the molecule is CCC(CNC)Oc1ccc(SC)cc1. The lowest BCUT2D eigenvalue weighted by atomic mass is 10.2. The molecule has 0 heterocycles. The summed E-state index contributed by atoms with van der Waals surface area (Å²) in [5.74, 6) is 0.954. The summed E-state index contributed by atoms with van der Waals surface area (Å²) in [5, 5.41) is 3.13. The summed E-state index contributed by atoms with van der Waals surface area (Å²) >= 11 is 1.74. The van der Waals surface area contributed by atoms with E-state index in [0.29, 0.717) is 0 Å². The van der Waals surface area contributed by atoms with Gasteiger partial charge in [-0.05, 0) is 44.0 Å². The Labute approximate surface area is 96.4 Å². The van der Waals surface area contributed by atoms with Crippen LogP contribution < -0.4 is 10.1 Å². The van der Waals surface area contributed by atoms with Crippen molar-refractivity contribution in [1.29, 1.82) is 0 Å². The fraction of sp³-hybridized carbons (Fsp3) is 0.500. The average Bonchev–Trinajstić information content (AvgIpc) is 2.29. The number of hydrogen-bond acceptors (Lipinski definition) is 3. The van der Waals surface area contributed by atoms with E-state index in [0.717, 1.165) is 18.7 Å². The second kappa shape index (κ2) is 6.75. The van der Waals surface area contributed by atoms with Crippen molar-refractivity contribution in [2.24, 2.45) is 0 Å². The number of thioether (sulfide) groups is 1. The Hall–Kier alpha value is -0.670. The number of hydrogen-bond donors (Lipinski definition) is 1. The van der Waals surface area contributed by atoms with E-state index in [2.05, 4.69) is 30.6 Å². The molecule has 0 saturated carbocycles. The number of rotatable bonds is 6. The van der Waals surface area contributed by atoms with Crippen molar-refractivity contribution in [3.05, 3.63) is 24.3 Å². The molecule has 0 aliphatic heterocycles. The van der Waals surface area contributed by atoms with Crippen LogP contribution in [0.5, 0.6) is 5.75 Å². The Morgan fingerprint density at radius 2 is 2.00 bits per heavy atom. The van der Waals surface area contributed by atoms with Gasteiger partial charge in [0.1, 0.15) is 11.9 Å². The molecule has 0 fully saturated rings. The molecule has 0 aromatic heterocycles. The van der Waals surface area contributed by atoms with Gasteiger partial charge in [-0.2, -0.15) is 0 Å². The van der Waals surface area contributed by atoms with Gasteiger partial charge >= 0.3 is 0 Å². The van der Waals surface area contributed by atoms with Crippen LogP contribution in [0.25, 0.3) is 0 Å². The largest absolute Gasteiger partial charge is 0.489 e. The molecule has 1 unspecified atom stereocenters. The Bertz CT molecular complexity index is 273. The van der Waals surface area contributed by atoms with E-state index < -0.39 is 0 Å². The van der Waals surface area contributed by atoms with E-state index in [-0.39, 0.29) is 6.10 Å². The van der Waals surface area contributed by atoms with Gasteiger partial charge in [-0.15, -0.1) is 11.8 Å². The molecule has 0 amide bonds. The summed E-state index contributed by atoms with van der Waals surface area (Å²) in [4.78, 5) is 1.27. The van der Waals surface area contributed by atoms with Gasteiger partial charge in [0, 0.05) is 11.4 Å². The quantitative estimate of drug-likeness (QED) is 0.752. The van der Waals surface area contributed by atoms with Crippen LogP contribution >= 0.6 is 11.8 Å². The van der Waals surface area contributed by atoms with Crippen LogP contribution in [0.2, 0.25) is 0 Å². The lowest BCUT2D eigenvalue weighted by molar-refractivity contribution is 0.196. The molecule has 2 nitrogen and oxygen atoms in total. The minimum Gasteiger partial charge on any atom is -0.489 e. The van der Waals surface area contributed by atoms with Crippen molar-refractivity contribution in [2.45, 2.75) is 24.3 Å². The summed E-state index contributed by atoms with van der Waals surface area (Å²) in [5.41, 5.74) is 0. The number of likely N-dealkylation sites (N-methyl/N-ethyl adjacent to an activating group) is 1. The maximum atomic E-state index is 5.83. The topological polar surface area (TPSA) is 21.3 Å². The molecule has 1 atom stereocenters. The highest BCUT2D eigenvalue weighted by molar-refractivity contribution is 7.98. The summed E-state index contributed by atoms with van der Waals surface area (Å²) in [7, 11) is 1.95. The van der Waals surface area contributed by atoms with E-state index in [1.807, 2.05) is 19.2 Å². The van der Waals surface area contributed by atoms with Crippen molar-refractivity contribution in [3.8, 4) is 5.75 Å². The van der Waals surface area contributed by atoms with Crippen molar-refractivity contribution < 1.29 is 4.74 Å². The number of benzene rings is 1. The van der Waals surface area contributed by atoms with E-state index in [4.69, 9.17) is 4.74 Å². The fourth-order valence-electron chi connectivity index (χ4n) is 1.34. The molecule has 3 heteroatoms. The molecule has 0 aliphatic carbocycles. The van der Waals surface area contributed by atoms with Gasteiger partial charge in [-0.25, -0.2) is 0 Å². The van der Waals surface area contributed by atoms with Gasteiger partial charge in [0.15, 0.2) is 0 Å². The third-order valence-corrected chi connectivity index (χ3v) is 2.99. The zero-order valence-corrected chi connectivity index (χ0v) is 10.4. The molecular formula is C12H19NOS.